The molecule has 0 aromatic heterocycles. The second kappa shape index (κ2) is 8.45. The second-order valence-electron chi connectivity index (χ2n) is 6.85. The van der Waals surface area contributed by atoms with Gasteiger partial charge in [0.05, 0.1) is 7.11 Å². The molecule has 2 aliphatic heterocycles. The highest BCUT2D eigenvalue weighted by atomic mass is 19.4. The van der Waals surface area contributed by atoms with Crippen molar-refractivity contribution in [3.05, 3.63) is 23.8 Å². The van der Waals surface area contributed by atoms with Crippen LogP contribution in [-0.2, 0) is 6.54 Å². The quantitative estimate of drug-likeness (QED) is 0.827. The van der Waals surface area contributed by atoms with Crippen LogP contribution in [0.25, 0.3) is 0 Å². The number of halogens is 3. The number of rotatable bonds is 6. The van der Waals surface area contributed by atoms with E-state index in [4.69, 9.17) is 9.47 Å². The molecule has 1 unspecified atom stereocenters. The first kappa shape index (κ1) is 19.3. The van der Waals surface area contributed by atoms with E-state index in [9.17, 15) is 13.2 Å². The molecule has 2 aliphatic rings. The molecule has 146 valence electrons. The molecule has 26 heavy (non-hydrogen) atoms. The third-order valence-electron chi connectivity index (χ3n) is 4.94. The van der Waals surface area contributed by atoms with Crippen molar-refractivity contribution in [3.63, 3.8) is 0 Å². The Hall–Kier alpha value is -1.51. The molecule has 1 atom stereocenters. The van der Waals surface area contributed by atoms with E-state index in [1.54, 1.807) is 12.1 Å². The minimum atomic E-state index is -4.36. The molecule has 2 saturated heterocycles. The summed E-state index contributed by atoms with van der Waals surface area (Å²) in [5.41, 5.74) is 1.02. The van der Waals surface area contributed by atoms with Gasteiger partial charge in [-0.1, -0.05) is 6.07 Å². The molecule has 0 radical (unpaired) electrons. The minimum absolute atomic E-state index is 0.119. The Morgan fingerprint density at radius 3 is 2.62 bits per heavy atom. The number of benzene rings is 1. The lowest BCUT2D eigenvalue weighted by Gasteiger charge is -2.32. The first-order valence-corrected chi connectivity index (χ1v) is 8.98. The zero-order valence-corrected chi connectivity index (χ0v) is 15.0. The highest BCUT2D eigenvalue weighted by Gasteiger charge is 2.30. The molecule has 3 rings (SSSR count). The van der Waals surface area contributed by atoms with Gasteiger partial charge in [-0.25, -0.2) is 0 Å². The van der Waals surface area contributed by atoms with Crippen molar-refractivity contribution >= 4 is 0 Å². The maximum atomic E-state index is 12.3. The Labute approximate surface area is 152 Å². The number of methoxy groups -OCH3 is 1. The van der Waals surface area contributed by atoms with Crippen LogP contribution in [0.1, 0.15) is 12.0 Å². The average molecular weight is 373 g/mol. The van der Waals surface area contributed by atoms with Crippen LogP contribution in [0.2, 0.25) is 0 Å². The van der Waals surface area contributed by atoms with Crippen LogP contribution in [0, 0.1) is 0 Å². The van der Waals surface area contributed by atoms with Gasteiger partial charge >= 0.3 is 6.18 Å². The summed E-state index contributed by atoms with van der Waals surface area (Å²) in [6.07, 6.45) is -3.21. The van der Waals surface area contributed by atoms with Crippen molar-refractivity contribution in [2.45, 2.75) is 25.2 Å². The molecule has 1 aromatic carbocycles. The second-order valence-corrected chi connectivity index (χ2v) is 6.85. The van der Waals surface area contributed by atoms with Crippen molar-refractivity contribution < 1.29 is 22.6 Å². The van der Waals surface area contributed by atoms with Crippen molar-refractivity contribution in [2.24, 2.45) is 0 Å². The van der Waals surface area contributed by atoms with Crippen LogP contribution >= 0.6 is 0 Å². The first-order valence-electron chi connectivity index (χ1n) is 8.98. The number of likely N-dealkylation sites (tertiary alicyclic amines) is 1. The molecule has 1 aromatic rings. The summed E-state index contributed by atoms with van der Waals surface area (Å²) in [4.78, 5) is 4.93. The highest BCUT2D eigenvalue weighted by molar-refractivity contribution is 5.43. The number of hydrogen-bond acceptors (Lipinski definition) is 5. The zero-order chi connectivity index (χ0) is 18.6. The van der Waals surface area contributed by atoms with Gasteiger partial charge in [-0.15, -0.1) is 0 Å². The van der Waals surface area contributed by atoms with Gasteiger partial charge in [-0.2, -0.15) is 13.2 Å². The molecule has 0 saturated carbocycles. The molecule has 0 aliphatic carbocycles. The lowest BCUT2D eigenvalue weighted by molar-refractivity contribution is -0.153. The van der Waals surface area contributed by atoms with Gasteiger partial charge in [-0.3, -0.25) is 9.80 Å². The molecular weight excluding hydrogens is 347 g/mol. The molecule has 5 nitrogen and oxygen atoms in total. The van der Waals surface area contributed by atoms with Crippen LogP contribution in [0.4, 0.5) is 13.2 Å². The van der Waals surface area contributed by atoms with E-state index >= 15 is 0 Å². The van der Waals surface area contributed by atoms with E-state index in [1.807, 2.05) is 6.07 Å². The van der Waals surface area contributed by atoms with Gasteiger partial charge in [-0.05, 0) is 24.1 Å². The predicted molar refractivity (Wildman–Crippen MR) is 92.7 cm³/mol. The number of alkyl halides is 3. The van der Waals surface area contributed by atoms with E-state index in [2.05, 4.69) is 15.1 Å². The first-order chi connectivity index (χ1) is 12.4. The van der Waals surface area contributed by atoms with Crippen molar-refractivity contribution in [1.82, 2.24) is 15.1 Å². The molecule has 2 fully saturated rings. The summed E-state index contributed by atoms with van der Waals surface area (Å²) in [5.74, 6) is 0.457. The maximum absolute atomic E-state index is 12.3. The van der Waals surface area contributed by atoms with Crippen molar-refractivity contribution in [3.8, 4) is 11.5 Å². The number of nitrogens with one attached hydrogen (secondary N) is 1. The summed E-state index contributed by atoms with van der Waals surface area (Å²) in [6, 6.07) is 5.73. The van der Waals surface area contributed by atoms with Gasteiger partial charge < -0.3 is 14.8 Å². The van der Waals surface area contributed by atoms with E-state index < -0.39 is 12.8 Å². The number of piperazine rings is 1. The fourth-order valence-electron chi connectivity index (χ4n) is 3.65. The third-order valence-corrected chi connectivity index (χ3v) is 4.94. The molecule has 0 bridgehead atoms. The maximum Gasteiger partial charge on any atom is 0.422 e. The van der Waals surface area contributed by atoms with Crippen molar-refractivity contribution in [2.75, 3.05) is 53.0 Å². The van der Waals surface area contributed by atoms with Crippen LogP contribution in [-0.4, -0.2) is 75.0 Å². The van der Waals surface area contributed by atoms with Crippen LogP contribution in [0.15, 0.2) is 18.2 Å². The summed E-state index contributed by atoms with van der Waals surface area (Å²) in [6.45, 7) is 5.78. The van der Waals surface area contributed by atoms with E-state index in [-0.39, 0.29) is 5.75 Å². The van der Waals surface area contributed by atoms with Gasteiger partial charge in [0.2, 0.25) is 0 Å². The predicted octanol–water partition coefficient (Wildman–Crippen LogP) is 2.12. The topological polar surface area (TPSA) is 37.0 Å². The monoisotopic (exact) mass is 373 g/mol. The third kappa shape index (κ3) is 5.25. The Morgan fingerprint density at radius 2 is 1.92 bits per heavy atom. The van der Waals surface area contributed by atoms with E-state index in [0.29, 0.717) is 11.8 Å². The Balaban J connectivity index is 1.56. The summed E-state index contributed by atoms with van der Waals surface area (Å²) < 4.78 is 47.1. The molecular formula is C18H26F3N3O2. The number of ether oxygens (including phenoxy) is 2. The van der Waals surface area contributed by atoms with Crippen LogP contribution in [0.5, 0.6) is 11.5 Å². The van der Waals surface area contributed by atoms with Gasteiger partial charge in [0.25, 0.3) is 0 Å². The molecule has 0 spiro atoms. The molecule has 2 heterocycles. The Kier molecular flexibility index (Phi) is 6.26. The normalized spacial score (nSPS) is 22.5. The summed E-state index contributed by atoms with van der Waals surface area (Å²) in [7, 11) is 1.44. The highest BCUT2D eigenvalue weighted by Crippen LogP contribution is 2.30. The summed E-state index contributed by atoms with van der Waals surface area (Å²) >= 11 is 0. The summed E-state index contributed by atoms with van der Waals surface area (Å²) in [5, 5.41) is 3.38. The fourth-order valence-corrected chi connectivity index (χ4v) is 3.65. The lowest BCUT2D eigenvalue weighted by Crippen LogP contribution is -2.49. The zero-order valence-electron chi connectivity index (χ0n) is 15.0. The average Bonchev–Trinajstić information content (AvgIpc) is 3.09. The molecule has 0 amide bonds. The molecule has 1 N–H and O–H groups in total. The van der Waals surface area contributed by atoms with Crippen LogP contribution in [0.3, 0.4) is 0 Å². The van der Waals surface area contributed by atoms with E-state index in [0.717, 1.165) is 57.8 Å². The molecule has 8 heteroatoms. The Morgan fingerprint density at radius 1 is 1.15 bits per heavy atom. The van der Waals surface area contributed by atoms with Crippen LogP contribution < -0.4 is 14.8 Å². The lowest BCUT2D eigenvalue weighted by atomic mass is 10.2. The van der Waals surface area contributed by atoms with E-state index in [1.165, 1.54) is 7.11 Å². The number of hydrogen-bond donors (Lipinski definition) is 1. The minimum Gasteiger partial charge on any atom is -0.493 e. The van der Waals surface area contributed by atoms with Gasteiger partial charge in [0.15, 0.2) is 18.1 Å². The standard InChI is InChI=1S/C18H26F3N3O2/c1-25-17-10-14(2-3-16(17)26-13-18(19,20)21)11-23-7-4-15(12-23)24-8-5-22-6-9-24/h2-3,10,15,22H,4-9,11-13H2,1H3. The smallest absolute Gasteiger partial charge is 0.422 e. The van der Waals surface area contributed by atoms with Gasteiger partial charge in [0, 0.05) is 51.9 Å². The Bertz CT molecular complexity index is 592. The van der Waals surface area contributed by atoms with Crippen molar-refractivity contribution in [1.29, 1.82) is 0 Å². The fraction of sp³-hybridized carbons (Fsp3) is 0.667. The number of nitrogens with zero attached hydrogens (tertiary/aromatic N) is 2. The SMILES string of the molecule is COc1cc(CN2CCC(N3CCNCC3)C2)ccc1OCC(F)(F)F. The van der Waals surface area contributed by atoms with Gasteiger partial charge in [0.1, 0.15) is 0 Å². The largest absolute Gasteiger partial charge is 0.493 e.